The SMILES string of the molecule is O=c1c2ccccc2sn1C1CCCCCC1. The molecule has 0 saturated heterocycles. The molecule has 2 aromatic rings. The van der Waals surface area contributed by atoms with Crippen molar-refractivity contribution in [2.45, 2.75) is 44.6 Å². The van der Waals surface area contributed by atoms with E-state index in [1.807, 2.05) is 22.2 Å². The molecule has 0 bridgehead atoms. The largest absolute Gasteiger partial charge is 0.268 e. The van der Waals surface area contributed by atoms with Crippen molar-refractivity contribution in [1.29, 1.82) is 0 Å². The van der Waals surface area contributed by atoms with Gasteiger partial charge in [-0.1, -0.05) is 49.3 Å². The van der Waals surface area contributed by atoms with Crippen LogP contribution in [0.3, 0.4) is 0 Å². The van der Waals surface area contributed by atoms with Crippen molar-refractivity contribution in [2.75, 3.05) is 0 Å². The van der Waals surface area contributed by atoms with Crippen molar-refractivity contribution >= 4 is 21.6 Å². The molecule has 1 aliphatic rings. The number of benzene rings is 1. The van der Waals surface area contributed by atoms with Crippen LogP contribution in [0.1, 0.15) is 44.6 Å². The highest BCUT2D eigenvalue weighted by molar-refractivity contribution is 7.13. The first-order chi connectivity index (χ1) is 8.36. The van der Waals surface area contributed by atoms with E-state index in [1.54, 1.807) is 11.5 Å². The summed E-state index contributed by atoms with van der Waals surface area (Å²) in [6, 6.07) is 8.40. The summed E-state index contributed by atoms with van der Waals surface area (Å²) in [5, 5.41) is 0.891. The number of hydrogen-bond acceptors (Lipinski definition) is 2. The smallest absolute Gasteiger partial charge is 0.268 e. The molecule has 2 nitrogen and oxygen atoms in total. The summed E-state index contributed by atoms with van der Waals surface area (Å²) < 4.78 is 3.15. The molecular formula is C14H17NOS. The second-order valence-corrected chi connectivity index (χ2v) is 5.88. The fourth-order valence-electron chi connectivity index (χ4n) is 2.72. The molecule has 1 heterocycles. The first-order valence-electron chi connectivity index (χ1n) is 6.47. The molecule has 1 aromatic carbocycles. The van der Waals surface area contributed by atoms with Gasteiger partial charge in [-0.05, 0) is 25.0 Å². The van der Waals surface area contributed by atoms with Crippen molar-refractivity contribution in [3.63, 3.8) is 0 Å². The average molecular weight is 247 g/mol. The predicted octanol–water partition coefficient (Wildman–Crippen LogP) is 3.96. The maximum atomic E-state index is 12.3. The molecule has 0 aliphatic heterocycles. The van der Waals surface area contributed by atoms with Gasteiger partial charge in [-0.2, -0.15) is 0 Å². The number of rotatable bonds is 1. The first-order valence-corrected chi connectivity index (χ1v) is 7.24. The molecule has 90 valence electrons. The van der Waals surface area contributed by atoms with Gasteiger partial charge in [-0.3, -0.25) is 8.75 Å². The van der Waals surface area contributed by atoms with E-state index in [2.05, 4.69) is 6.07 Å². The maximum Gasteiger partial charge on any atom is 0.268 e. The minimum atomic E-state index is 0.220. The Labute approximate surface area is 105 Å². The van der Waals surface area contributed by atoms with Crippen molar-refractivity contribution in [1.82, 2.24) is 3.96 Å². The molecule has 0 unspecified atom stereocenters. The zero-order valence-electron chi connectivity index (χ0n) is 9.89. The normalized spacial score (nSPS) is 18.4. The highest BCUT2D eigenvalue weighted by Gasteiger charge is 2.18. The number of aromatic nitrogens is 1. The van der Waals surface area contributed by atoms with Gasteiger partial charge in [-0.15, -0.1) is 0 Å². The molecule has 0 N–H and O–H groups in total. The van der Waals surface area contributed by atoms with Crippen LogP contribution in [0.25, 0.3) is 10.1 Å². The molecule has 1 saturated carbocycles. The van der Waals surface area contributed by atoms with E-state index < -0.39 is 0 Å². The fourth-order valence-corrected chi connectivity index (χ4v) is 3.87. The predicted molar refractivity (Wildman–Crippen MR) is 72.8 cm³/mol. The summed E-state index contributed by atoms with van der Waals surface area (Å²) in [5.74, 6) is 0. The summed E-state index contributed by atoms with van der Waals surface area (Å²) in [5.41, 5.74) is 0.220. The summed E-state index contributed by atoms with van der Waals surface area (Å²) in [4.78, 5) is 12.3. The minimum Gasteiger partial charge on any atom is -0.268 e. The van der Waals surface area contributed by atoms with Crippen molar-refractivity contribution < 1.29 is 0 Å². The summed E-state index contributed by atoms with van der Waals surface area (Å²) in [6.45, 7) is 0. The van der Waals surface area contributed by atoms with Gasteiger partial charge in [0.05, 0.1) is 10.1 Å². The molecule has 1 fully saturated rings. The number of nitrogens with zero attached hydrogens (tertiary/aromatic N) is 1. The van der Waals surface area contributed by atoms with Gasteiger partial charge in [0.1, 0.15) is 0 Å². The van der Waals surface area contributed by atoms with Crippen LogP contribution in [0.15, 0.2) is 29.1 Å². The third-order valence-electron chi connectivity index (χ3n) is 3.67. The van der Waals surface area contributed by atoms with E-state index in [0.29, 0.717) is 6.04 Å². The van der Waals surface area contributed by atoms with Crippen LogP contribution in [-0.2, 0) is 0 Å². The van der Waals surface area contributed by atoms with Crippen LogP contribution in [0.5, 0.6) is 0 Å². The van der Waals surface area contributed by atoms with E-state index in [-0.39, 0.29) is 5.56 Å². The maximum absolute atomic E-state index is 12.3. The van der Waals surface area contributed by atoms with Crippen LogP contribution in [0.4, 0.5) is 0 Å². The molecule has 1 aliphatic carbocycles. The Morgan fingerprint density at radius 2 is 1.76 bits per heavy atom. The van der Waals surface area contributed by atoms with Gasteiger partial charge in [0.25, 0.3) is 5.56 Å². The quantitative estimate of drug-likeness (QED) is 0.699. The van der Waals surface area contributed by atoms with Crippen molar-refractivity contribution in [3.05, 3.63) is 34.6 Å². The summed E-state index contributed by atoms with van der Waals surface area (Å²) >= 11 is 1.64. The van der Waals surface area contributed by atoms with Crippen molar-refractivity contribution in [2.24, 2.45) is 0 Å². The highest BCUT2D eigenvalue weighted by Crippen LogP contribution is 2.29. The Bertz CT molecular complexity index is 561. The van der Waals surface area contributed by atoms with Gasteiger partial charge in [0.15, 0.2) is 0 Å². The topological polar surface area (TPSA) is 22.0 Å². The third kappa shape index (κ3) is 2.04. The van der Waals surface area contributed by atoms with Gasteiger partial charge < -0.3 is 0 Å². The standard InChI is InChI=1S/C14H17NOS/c16-14-12-9-5-6-10-13(12)17-15(14)11-7-3-1-2-4-8-11/h5-6,9-11H,1-4,7-8H2. The Balaban J connectivity index is 2.04. The molecule has 0 radical (unpaired) electrons. The van der Waals surface area contributed by atoms with Gasteiger partial charge in [-0.25, -0.2) is 0 Å². The zero-order chi connectivity index (χ0) is 11.7. The molecule has 0 atom stereocenters. The van der Waals surface area contributed by atoms with E-state index >= 15 is 0 Å². The van der Waals surface area contributed by atoms with E-state index in [4.69, 9.17) is 0 Å². The Kier molecular flexibility index (Phi) is 3.02. The Morgan fingerprint density at radius 3 is 2.47 bits per heavy atom. The number of fused-ring (bicyclic) bond motifs is 1. The average Bonchev–Trinajstić information content (AvgIpc) is 2.57. The molecule has 3 heteroatoms. The lowest BCUT2D eigenvalue weighted by molar-refractivity contribution is 0.464. The lowest BCUT2D eigenvalue weighted by Gasteiger charge is -2.13. The molecule has 1 aromatic heterocycles. The van der Waals surface area contributed by atoms with Crippen LogP contribution >= 0.6 is 11.5 Å². The van der Waals surface area contributed by atoms with Crippen LogP contribution in [0, 0.1) is 0 Å². The molecule has 17 heavy (non-hydrogen) atoms. The fraction of sp³-hybridized carbons (Fsp3) is 0.500. The first kappa shape index (κ1) is 11.0. The molecule has 0 amide bonds. The van der Waals surface area contributed by atoms with Gasteiger partial charge >= 0.3 is 0 Å². The highest BCUT2D eigenvalue weighted by atomic mass is 32.1. The molecular weight excluding hydrogens is 230 g/mol. The second-order valence-electron chi connectivity index (χ2n) is 4.86. The monoisotopic (exact) mass is 247 g/mol. The number of hydrogen-bond donors (Lipinski definition) is 0. The van der Waals surface area contributed by atoms with Gasteiger partial charge in [0, 0.05) is 6.04 Å². The van der Waals surface area contributed by atoms with Crippen LogP contribution in [-0.4, -0.2) is 3.96 Å². The second kappa shape index (κ2) is 4.65. The minimum absolute atomic E-state index is 0.220. The van der Waals surface area contributed by atoms with E-state index in [0.717, 1.165) is 10.1 Å². The van der Waals surface area contributed by atoms with Crippen LogP contribution in [0.2, 0.25) is 0 Å². The lowest BCUT2D eigenvalue weighted by atomic mass is 10.1. The zero-order valence-corrected chi connectivity index (χ0v) is 10.7. The lowest BCUT2D eigenvalue weighted by Crippen LogP contribution is -2.18. The Hall–Kier alpha value is -1.09. The van der Waals surface area contributed by atoms with Crippen LogP contribution < -0.4 is 5.56 Å². The van der Waals surface area contributed by atoms with Crippen molar-refractivity contribution in [3.8, 4) is 0 Å². The van der Waals surface area contributed by atoms with E-state index in [1.165, 1.54) is 38.5 Å². The molecule has 0 spiro atoms. The van der Waals surface area contributed by atoms with Gasteiger partial charge in [0.2, 0.25) is 0 Å². The summed E-state index contributed by atoms with van der Waals surface area (Å²) in [7, 11) is 0. The summed E-state index contributed by atoms with van der Waals surface area (Å²) in [6.07, 6.45) is 7.54. The molecule has 3 rings (SSSR count). The Morgan fingerprint density at radius 1 is 1.06 bits per heavy atom. The third-order valence-corrected chi connectivity index (χ3v) is 4.88. The van der Waals surface area contributed by atoms with E-state index in [9.17, 15) is 4.79 Å².